The molecule has 3 nitrogen and oxygen atoms in total. The number of carbonyl (C=O) groups is 1. The van der Waals surface area contributed by atoms with Crippen molar-refractivity contribution < 1.29 is 4.79 Å². The van der Waals surface area contributed by atoms with Crippen molar-refractivity contribution in [2.75, 3.05) is 12.4 Å². The van der Waals surface area contributed by atoms with Crippen LogP contribution >= 0.6 is 15.9 Å². The van der Waals surface area contributed by atoms with Gasteiger partial charge in [-0.05, 0) is 50.7 Å². The normalized spacial score (nSPS) is 12.2. The Morgan fingerprint density at radius 1 is 1.14 bits per heavy atom. The van der Waals surface area contributed by atoms with Crippen molar-refractivity contribution in [2.45, 2.75) is 26.4 Å². The first-order valence-corrected chi connectivity index (χ1v) is 8.07. The number of nitrogens with one attached hydrogen (secondary N) is 1. The number of amides is 1. The quantitative estimate of drug-likeness (QED) is 0.865. The summed E-state index contributed by atoms with van der Waals surface area (Å²) in [5.74, 6) is 0.00321. The van der Waals surface area contributed by atoms with E-state index in [1.54, 1.807) is 0 Å². The zero-order chi connectivity index (χ0) is 16.1. The molecular weight excluding hydrogens is 340 g/mol. The fourth-order valence-corrected chi connectivity index (χ4v) is 2.36. The predicted molar refractivity (Wildman–Crippen MR) is 94.9 cm³/mol. The Morgan fingerprint density at radius 2 is 1.73 bits per heavy atom. The average molecular weight is 361 g/mol. The summed E-state index contributed by atoms with van der Waals surface area (Å²) in [6.45, 7) is 4.68. The van der Waals surface area contributed by atoms with E-state index in [0.29, 0.717) is 0 Å². The van der Waals surface area contributed by atoms with E-state index in [0.717, 1.165) is 16.7 Å². The molecule has 0 aliphatic heterocycles. The molecule has 22 heavy (non-hydrogen) atoms. The minimum Gasteiger partial charge on any atom is -0.325 e. The highest BCUT2D eigenvalue weighted by Gasteiger charge is 2.18. The Morgan fingerprint density at radius 3 is 2.32 bits per heavy atom. The van der Waals surface area contributed by atoms with Crippen LogP contribution in [0.25, 0.3) is 0 Å². The molecule has 116 valence electrons. The summed E-state index contributed by atoms with van der Waals surface area (Å²) in [6, 6.07) is 15.8. The number of benzene rings is 2. The molecule has 1 amide bonds. The topological polar surface area (TPSA) is 32.3 Å². The summed E-state index contributed by atoms with van der Waals surface area (Å²) in [7, 11) is 1.96. The lowest BCUT2D eigenvalue weighted by molar-refractivity contribution is -0.120. The Bertz CT molecular complexity index is 623. The third-order valence-electron chi connectivity index (χ3n) is 3.70. The molecule has 2 aromatic rings. The van der Waals surface area contributed by atoms with Crippen LogP contribution in [-0.4, -0.2) is 23.9 Å². The first-order chi connectivity index (χ1) is 10.5. The summed E-state index contributed by atoms with van der Waals surface area (Å²) in [5.41, 5.74) is 3.19. The standard InChI is InChI=1S/C18H21BrN2O/c1-13-4-10-17(11-5-13)20-18(22)14(2)21(3)12-15-6-8-16(19)9-7-15/h4-11,14H,12H2,1-3H3,(H,20,22). The van der Waals surface area contributed by atoms with Gasteiger partial charge >= 0.3 is 0 Å². The lowest BCUT2D eigenvalue weighted by atomic mass is 10.2. The number of carbonyl (C=O) groups excluding carboxylic acids is 1. The lowest BCUT2D eigenvalue weighted by Gasteiger charge is -2.24. The molecule has 1 atom stereocenters. The number of hydrogen-bond donors (Lipinski definition) is 1. The van der Waals surface area contributed by atoms with E-state index in [-0.39, 0.29) is 11.9 Å². The molecule has 0 saturated heterocycles. The van der Waals surface area contributed by atoms with E-state index in [9.17, 15) is 4.79 Å². The highest BCUT2D eigenvalue weighted by atomic mass is 79.9. The van der Waals surface area contributed by atoms with Crippen molar-refractivity contribution in [3.63, 3.8) is 0 Å². The van der Waals surface area contributed by atoms with Gasteiger partial charge in [0.25, 0.3) is 0 Å². The Labute approximate surface area is 140 Å². The first-order valence-electron chi connectivity index (χ1n) is 7.28. The fourth-order valence-electron chi connectivity index (χ4n) is 2.10. The lowest BCUT2D eigenvalue weighted by Crippen LogP contribution is -2.39. The number of anilines is 1. The molecule has 0 aliphatic carbocycles. The molecule has 2 aromatic carbocycles. The molecule has 4 heteroatoms. The van der Waals surface area contributed by atoms with Crippen molar-refractivity contribution in [3.8, 4) is 0 Å². The summed E-state index contributed by atoms with van der Waals surface area (Å²) < 4.78 is 1.06. The third kappa shape index (κ3) is 4.68. The second-order valence-corrected chi connectivity index (χ2v) is 6.49. The van der Waals surface area contributed by atoms with Gasteiger partial charge in [-0.1, -0.05) is 45.8 Å². The van der Waals surface area contributed by atoms with Crippen molar-refractivity contribution >= 4 is 27.5 Å². The van der Waals surface area contributed by atoms with Gasteiger partial charge < -0.3 is 5.32 Å². The Balaban J connectivity index is 1.94. The SMILES string of the molecule is Cc1ccc(NC(=O)C(C)N(C)Cc2ccc(Br)cc2)cc1. The second-order valence-electron chi connectivity index (χ2n) is 5.57. The zero-order valence-electron chi connectivity index (χ0n) is 13.1. The van der Waals surface area contributed by atoms with Crippen LogP contribution in [-0.2, 0) is 11.3 Å². The van der Waals surface area contributed by atoms with Crippen molar-refractivity contribution in [1.29, 1.82) is 0 Å². The maximum atomic E-state index is 12.3. The molecule has 2 rings (SSSR count). The van der Waals surface area contributed by atoms with Gasteiger partial charge in [0.15, 0.2) is 0 Å². The van der Waals surface area contributed by atoms with E-state index < -0.39 is 0 Å². The monoisotopic (exact) mass is 360 g/mol. The summed E-state index contributed by atoms with van der Waals surface area (Å²) in [4.78, 5) is 14.4. The van der Waals surface area contributed by atoms with E-state index in [1.165, 1.54) is 11.1 Å². The van der Waals surface area contributed by atoms with E-state index >= 15 is 0 Å². The average Bonchev–Trinajstić information content (AvgIpc) is 2.51. The number of aryl methyl sites for hydroxylation is 1. The number of likely N-dealkylation sites (N-methyl/N-ethyl adjacent to an activating group) is 1. The summed E-state index contributed by atoms with van der Waals surface area (Å²) >= 11 is 3.43. The zero-order valence-corrected chi connectivity index (χ0v) is 14.7. The van der Waals surface area contributed by atoms with Gasteiger partial charge in [0.1, 0.15) is 0 Å². The van der Waals surface area contributed by atoms with E-state index in [2.05, 4.69) is 33.4 Å². The minimum absolute atomic E-state index is 0.00321. The van der Waals surface area contributed by atoms with Crippen molar-refractivity contribution in [2.24, 2.45) is 0 Å². The van der Waals surface area contributed by atoms with Crippen LogP contribution in [0.4, 0.5) is 5.69 Å². The van der Waals surface area contributed by atoms with Crippen molar-refractivity contribution in [1.82, 2.24) is 4.90 Å². The van der Waals surface area contributed by atoms with Gasteiger partial charge in [-0.2, -0.15) is 0 Å². The highest BCUT2D eigenvalue weighted by Crippen LogP contribution is 2.14. The molecule has 0 heterocycles. The Hall–Kier alpha value is -1.65. The maximum absolute atomic E-state index is 12.3. The maximum Gasteiger partial charge on any atom is 0.241 e. The molecule has 1 unspecified atom stereocenters. The number of nitrogens with zero attached hydrogens (tertiary/aromatic N) is 1. The summed E-state index contributed by atoms with van der Waals surface area (Å²) in [6.07, 6.45) is 0. The molecule has 0 spiro atoms. The Kier molecular flexibility index (Phi) is 5.75. The predicted octanol–water partition coefficient (Wildman–Crippen LogP) is 4.22. The number of halogens is 1. The molecular formula is C18H21BrN2O. The van der Waals surface area contributed by atoms with Crippen LogP contribution in [0.15, 0.2) is 53.0 Å². The summed E-state index contributed by atoms with van der Waals surface area (Å²) in [5, 5.41) is 2.96. The van der Waals surface area contributed by atoms with E-state index in [4.69, 9.17) is 0 Å². The van der Waals surface area contributed by atoms with Crippen LogP contribution in [0.1, 0.15) is 18.1 Å². The molecule has 0 radical (unpaired) electrons. The molecule has 0 aromatic heterocycles. The van der Waals surface area contributed by atoms with Gasteiger partial charge in [0, 0.05) is 16.7 Å². The largest absolute Gasteiger partial charge is 0.325 e. The van der Waals surface area contributed by atoms with E-state index in [1.807, 2.05) is 62.2 Å². The van der Waals surface area contributed by atoms with Crippen LogP contribution in [0.5, 0.6) is 0 Å². The van der Waals surface area contributed by atoms with Crippen LogP contribution in [0.2, 0.25) is 0 Å². The number of rotatable bonds is 5. The molecule has 0 aliphatic rings. The third-order valence-corrected chi connectivity index (χ3v) is 4.23. The fraction of sp³-hybridized carbons (Fsp3) is 0.278. The number of hydrogen-bond acceptors (Lipinski definition) is 2. The molecule has 1 N–H and O–H groups in total. The van der Waals surface area contributed by atoms with Gasteiger partial charge in [0.05, 0.1) is 6.04 Å². The first kappa shape index (κ1) is 16.7. The van der Waals surface area contributed by atoms with Gasteiger partial charge in [-0.15, -0.1) is 0 Å². The van der Waals surface area contributed by atoms with Crippen LogP contribution in [0, 0.1) is 6.92 Å². The molecule has 0 saturated carbocycles. The van der Waals surface area contributed by atoms with Gasteiger partial charge in [0.2, 0.25) is 5.91 Å². The highest BCUT2D eigenvalue weighted by molar-refractivity contribution is 9.10. The van der Waals surface area contributed by atoms with Gasteiger partial charge in [-0.25, -0.2) is 0 Å². The molecule has 0 fully saturated rings. The van der Waals surface area contributed by atoms with Gasteiger partial charge in [-0.3, -0.25) is 9.69 Å². The van der Waals surface area contributed by atoms with Crippen molar-refractivity contribution in [3.05, 3.63) is 64.1 Å². The smallest absolute Gasteiger partial charge is 0.241 e. The minimum atomic E-state index is -0.204. The van der Waals surface area contributed by atoms with Crippen LogP contribution in [0.3, 0.4) is 0 Å². The second kappa shape index (κ2) is 7.56. The molecule has 0 bridgehead atoms. The van der Waals surface area contributed by atoms with Crippen LogP contribution < -0.4 is 5.32 Å².